The second kappa shape index (κ2) is 13.2. The molecule has 10 heteroatoms. The summed E-state index contributed by atoms with van der Waals surface area (Å²) in [5.41, 5.74) is 11.4. The number of aliphatic hydroxyl groups excluding tert-OH is 1. The monoisotopic (exact) mass is 546 g/mol. The maximum atomic E-state index is 12.5. The Labute approximate surface area is 236 Å². The molecule has 0 amide bonds. The summed E-state index contributed by atoms with van der Waals surface area (Å²) in [5.74, 6) is 0.938. The molecular formula is C30H42N8O2. The number of nitrogens with one attached hydrogen (secondary N) is 4. The number of piperazine rings is 1. The van der Waals surface area contributed by atoms with Crippen molar-refractivity contribution in [1.29, 1.82) is 5.41 Å². The highest BCUT2D eigenvalue weighted by molar-refractivity contribution is 5.90. The van der Waals surface area contributed by atoms with Gasteiger partial charge in [0.25, 0.3) is 5.56 Å². The van der Waals surface area contributed by atoms with E-state index in [0.717, 1.165) is 66.6 Å². The fourth-order valence-corrected chi connectivity index (χ4v) is 5.20. The number of aromatic nitrogens is 2. The molecular weight excluding hydrogens is 504 g/mol. The van der Waals surface area contributed by atoms with Gasteiger partial charge in [-0.2, -0.15) is 0 Å². The van der Waals surface area contributed by atoms with Crippen LogP contribution in [0, 0.1) is 19.3 Å². The number of hydrogen-bond acceptors (Lipinski definition) is 9. The van der Waals surface area contributed by atoms with E-state index < -0.39 is 6.23 Å². The van der Waals surface area contributed by atoms with Gasteiger partial charge in [-0.15, -0.1) is 0 Å². The second-order valence-electron chi connectivity index (χ2n) is 10.7. The van der Waals surface area contributed by atoms with Gasteiger partial charge in [0.1, 0.15) is 12.0 Å². The molecule has 0 bridgehead atoms. The number of hydrogen-bond donors (Lipinski definition) is 6. The molecule has 1 unspecified atom stereocenters. The molecule has 1 aliphatic rings. The van der Waals surface area contributed by atoms with E-state index in [2.05, 4.69) is 25.4 Å². The first kappa shape index (κ1) is 29.4. The largest absolute Gasteiger partial charge is 0.382 e. The first-order valence-corrected chi connectivity index (χ1v) is 13.9. The lowest BCUT2D eigenvalue weighted by Crippen LogP contribution is -2.48. The van der Waals surface area contributed by atoms with Crippen LogP contribution in [0.1, 0.15) is 48.0 Å². The summed E-state index contributed by atoms with van der Waals surface area (Å²) in [6.07, 6.45) is 2.02. The van der Waals surface area contributed by atoms with Crippen molar-refractivity contribution in [2.24, 2.45) is 5.73 Å². The molecule has 3 aromatic rings. The zero-order chi connectivity index (χ0) is 28.8. The number of aromatic amines is 1. The predicted molar refractivity (Wildman–Crippen MR) is 162 cm³/mol. The number of anilines is 2. The van der Waals surface area contributed by atoms with Crippen LogP contribution in [0.3, 0.4) is 0 Å². The minimum Gasteiger partial charge on any atom is -0.382 e. The Hall–Kier alpha value is -3.57. The van der Waals surface area contributed by atoms with Crippen LogP contribution < -0.4 is 26.8 Å². The molecule has 3 heterocycles. The van der Waals surface area contributed by atoms with Crippen molar-refractivity contribution < 1.29 is 5.11 Å². The Balaban J connectivity index is 1.60. The summed E-state index contributed by atoms with van der Waals surface area (Å²) in [6.45, 7) is 13.3. The Morgan fingerprint density at radius 3 is 2.50 bits per heavy atom. The average molecular weight is 547 g/mol. The van der Waals surface area contributed by atoms with Gasteiger partial charge in [0, 0.05) is 97.9 Å². The molecule has 4 rings (SSSR count). The average Bonchev–Trinajstić information content (AvgIpc) is 2.92. The van der Waals surface area contributed by atoms with Crippen molar-refractivity contribution in [3.63, 3.8) is 0 Å². The van der Waals surface area contributed by atoms with Crippen LogP contribution in [-0.4, -0.2) is 71.5 Å². The van der Waals surface area contributed by atoms with E-state index in [4.69, 9.17) is 16.1 Å². The lowest BCUT2D eigenvalue weighted by Gasteiger charge is -2.35. The number of nitrogens with zero attached hydrogens (tertiary/aromatic N) is 3. The van der Waals surface area contributed by atoms with Crippen LogP contribution in [0.5, 0.6) is 0 Å². The highest BCUT2D eigenvalue weighted by Crippen LogP contribution is 2.32. The normalized spacial score (nSPS) is 14.9. The highest BCUT2D eigenvalue weighted by Gasteiger charge is 2.20. The molecule has 1 aliphatic heterocycles. The van der Waals surface area contributed by atoms with Crippen molar-refractivity contribution >= 4 is 17.7 Å². The topological polar surface area (TPSA) is 146 Å². The summed E-state index contributed by atoms with van der Waals surface area (Å²) in [7, 11) is 0. The van der Waals surface area contributed by atoms with E-state index in [1.165, 1.54) is 6.21 Å². The van der Waals surface area contributed by atoms with Gasteiger partial charge in [-0.3, -0.25) is 15.0 Å². The third-order valence-corrected chi connectivity index (χ3v) is 7.28. The van der Waals surface area contributed by atoms with Crippen LogP contribution in [-0.2, 0) is 6.54 Å². The van der Waals surface area contributed by atoms with Crippen molar-refractivity contribution in [2.75, 3.05) is 49.5 Å². The summed E-state index contributed by atoms with van der Waals surface area (Å²) in [5, 5.41) is 25.9. The van der Waals surface area contributed by atoms with E-state index in [1.54, 1.807) is 0 Å². The molecule has 1 aromatic carbocycles. The maximum absolute atomic E-state index is 12.5. The Kier molecular flexibility index (Phi) is 9.70. The van der Waals surface area contributed by atoms with Gasteiger partial charge in [-0.05, 0) is 69.2 Å². The van der Waals surface area contributed by atoms with Crippen molar-refractivity contribution in [2.45, 2.75) is 46.5 Å². The van der Waals surface area contributed by atoms with Crippen molar-refractivity contribution in [1.82, 2.24) is 20.2 Å². The Bertz CT molecular complexity index is 1360. The van der Waals surface area contributed by atoms with E-state index in [-0.39, 0.29) is 18.1 Å². The SMILES string of the molecule is Cc1cc(C)c(CNC(O)c2cc(-c3ccc(N4CCN(CCN)CC4)nc3)cc(NC(C)C)c2C=N)c(=O)[nH]1. The molecule has 10 nitrogen and oxygen atoms in total. The number of pyridine rings is 2. The van der Waals surface area contributed by atoms with Gasteiger partial charge in [0.15, 0.2) is 0 Å². The summed E-state index contributed by atoms with van der Waals surface area (Å²) in [4.78, 5) is 24.7. The number of H-pyrrole nitrogens is 1. The smallest absolute Gasteiger partial charge is 0.252 e. The molecule has 1 atom stereocenters. The summed E-state index contributed by atoms with van der Waals surface area (Å²) < 4.78 is 0. The van der Waals surface area contributed by atoms with Crippen LogP contribution >= 0.6 is 0 Å². The van der Waals surface area contributed by atoms with Gasteiger partial charge >= 0.3 is 0 Å². The molecule has 1 fully saturated rings. The minimum atomic E-state index is -1.10. The van der Waals surface area contributed by atoms with E-state index in [9.17, 15) is 9.90 Å². The first-order chi connectivity index (χ1) is 19.2. The van der Waals surface area contributed by atoms with Crippen LogP contribution in [0.2, 0.25) is 0 Å². The lowest BCUT2D eigenvalue weighted by atomic mass is 9.96. The van der Waals surface area contributed by atoms with Crippen molar-refractivity contribution in [3.05, 3.63) is 74.8 Å². The van der Waals surface area contributed by atoms with Gasteiger partial charge < -0.3 is 31.5 Å². The van der Waals surface area contributed by atoms with Crippen LogP contribution in [0.4, 0.5) is 11.5 Å². The Morgan fingerprint density at radius 2 is 1.90 bits per heavy atom. The number of benzene rings is 1. The third kappa shape index (κ3) is 6.95. The minimum absolute atomic E-state index is 0.124. The lowest BCUT2D eigenvalue weighted by molar-refractivity contribution is 0.137. The van der Waals surface area contributed by atoms with Crippen LogP contribution in [0.25, 0.3) is 11.1 Å². The molecule has 0 radical (unpaired) electrons. The molecule has 0 saturated carbocycles. The fourth-order valence-electron chi connectivity index (χ4n) is 5.20. The van der Waals surface area contributed by atoms with Gasteiger partial charge in [0.2, 0.25) is 0 Å². The standard InChI is InChI=1S/C30H42N8O2/c1-19(2)35-27-15-23(22-5-6-28(33-17-22)38-11-9-37(8-7-31)10-12-38)14-24(25(27)16-32)29(39)34-18-26-20(3)13-21(4)36-30(26)40/h5-6,13-17,19,29,32,34-35,39H,7-12,18,31H2,1-4H3,(H,36,40). The summed E-state index contributed by atoms with van der Waals surface area (Å²) >= 11 is 0. The van der Waals surface area contributed by atoms with Crippen molar-refractivity contribution in [3.8, 4) is 11.1 Å². The number of nitrogens with two attached hydrogens (primary N) is 1. The fraction of sp³-hybridized carbons (Fsp3) is 0.433. The van der Waals surface area contributed by atoms with E-state index in [0.29, 0.717) is 23.2 Å². The van der Waals surface area contributed by atoms with E-state index in [1.807, 2.05) is 64.2 Å². The van der Waals surface area contributed by atoms with Crippen LogP contribution in [0.15, 0.2) is 41.3 Å². The predicted octanol–water partition coefficient (Wildman–Crippen LogP) is 2.73. The second-order valence-corrected chi connectivity index (χ2v) is 10.7. The number of aliphatic hydroxyl groups is 1. The molecule has 214 valence electrons. The van der Waals surface area contributed by atoms with E-state index >= 15 is 0 Å². The molecule has 7 N–H and O–H groups in total. The van der Waals surface area contributed by atoms with Gasteiger partial charge in [-0.1, -0.05) is 0 Å². The number of aryl methyl sites for hydroxylation is 2. The Morgan fingerprint density at radius 1 is 1.15 bits per heavy atom. The molecule has 40 heavy (non-hydrogen) atoms. The quantitative estimate of drug-likeness (QED) is 0.159. The summed E-state index contributed by atoms with van der Waals surface area (Å²) in [6, 6.07) is 10.0. The molecule has 0 aliphatic carbocycles. The molecule has 2 aromatic heterocycles. The van der Waals surface area contributed by atoms with Gasteiger partial charge in [0.05, 0.1) is 0 Å². The van der Waals surface area contributed by atoms with Gasteiger partial charge in [-0.25, -0.2) is 4.98 Å². The first-order valence-electron chi connectivity index (χ1n) is 13.9. The highest BCUT2D eigenvalue weighted by atomic mass is 16.3. The molecule has 0 spiro atoms. The third-order valence-electron chi connectivity index (χ3n) is 7.28. The zero-order valence-corrected chi connectivity index (χ0v) is 23.9. The zero-order valence-electron chi connectivity index (χ0n) is 23.9. The number of rotatable bonds is 11. The maximum Gasteiger partial charge on any atom is 0.252 e. The molecule has 1 saturated heterocycles.